The predicted octanol–water partition coefficient (Wildman–Crippen LogP) is 1.68. The molecule has 0 aromatic carbocycles. The molecule has 3 nitrogen and oxygen atoms in total. The molecule has 0 aromatic rings. The van der Waals surface area contributed by atoms with E-state index in [0.29, 0.717) is 25.9 Å². The van der Waals surface area contributed by atoms with Crippen LogP contribution in [0.25, 0.3) is 0 Å². The normalized spacial score (nSPS) is 22.0. The third kappa shape index (κ3) is 3.42. The van der Waals surface area contributed by atoms with Crippen LogP contribution in [0.4, 0.5) is 4.39 Å². The molecule has 0 spiro atoms. The van der Waals surface area contributed by atoms with Gasteiger partial charge in [-0.2, -0.15) is 0 Å². The molecule has 96 valence electrons. The summed E-state index contributed by atoms with van der Waals surface area (Å²) in [6, 6.07) is 0. The minimum Gasteiger partial charge on any atom is -0.316 e. The lowest BCUT2D eigenvalue weighted by Crippen LogP contribution is -2.41. The van der Waals surface area contributed by atoms with E-state index >= 15 is 0 Å². The van der Waals surface area contributed by atoms with Gasteiger partial charge in [0.15, 0.2) is 9.84 Å². The average molecular weight is 251 g/mol. The van der Waals surface area contributed by atoms with E-state index in [-0.39, 0.29) is 12.2 Å². The van der Waals surface area contributed by atoms with E-state index in [1.807, 2.05) is 0 Å². The van der Waals surface area contributed by atoms with Gasteiger partial charge in [-0.15, -0.1) is 0 Å². The highest BCUT2D eigenvalue weighted by molar-refractivity contribution is 7.92. The largest absolute Gasteiger partial charge is 0.316 e. The highest BCUT2D eigenvalue weighted by Gasteiger charge is 2.36. The molecule has 0 bridgehead atoms. The molecule has 0 radical (unpaired) electrons. The summed E-state index contributed by atoms with van der Waals surface area (Å²) in [7, 11) is -3.20. The predicted molar refractivity (Wildman–Crippen MR) is 64.1 cm³/mol. The number of alkyl halides is 1. The van der Waals surface area contributed by atoms with Crippen molar-refractivity contribution < 1.29 is 12.8 Å². The summed E-state index contributed by atoms with van der Waals surface area (Å²) < 4.78 is 37.1. The summed E-state index contributed by atoms with van der Waals surface area (Å²) >= 11 is 0. The maximum absolute atomic E-state index is 14.2. The number of hydrogen-bond acceptors (Lipinski definition) is 3. The number of piperidine rings is 1. The van der Waals surface area contributed by atoms with Crippen LogP contribution < -0.4 is 5.32 Å². The van der Waals surface area contributed by atoms with Gasteiger partial charge >= 0.3 is 0 Å². The van der Waals surface area contributed by atoms with Crippen molar-refractivity contribution in [3.05, 3.63) is 0 Å². The Morgan fingerprint density at radius 2 is 1.75 bits per heavy atom. The Morgan fingerprint density at radius 1 is 1.25 bits per heavy atom. The van der Waals surface area contributed by atoms with Crippen molar-refractivity contribution in [2.75, 3.05) is 18.8 Å². The molecule has 1 heterocycles. The molecule has 1 rings (SSSR count). The quantitative estimate of drug-likeness (QED) is 0.830. The van der Waals surface area contributed by atoms with Crippen LogP contribution in [0.15, 0.2) is 0 Å². The third-order valence-electron chi connectivity index (χ3n) is 3.25. The Balaban J connectivity index is 2.57. The summed E-state index contributed by atoms with van der Waals surface area (Å²) in [5.41, 5.74) is -1.29. The first-order chi connectivity index (χ1) is 7.16. The Labute approximate surface area is 97.7 Å². The SMILES string of the molecule is CC(C)(C)S(=O)(=O)CCC1(F)CCNCC1. The molecule has 1 aliphatic heterocycles. The zero-order valence-corrected chi connectivity index (χ0v) is 11.2. The van der Waals surface area contributed by atoms with Crippen molar-refractivity contribution in [2.45, 2.75) is 50.4 Å². The molecular weight excluding hydrogens is 229 g/mol. The average Bonchev–Trinajstić information content (AvgIpc) is 2.15. The van der Waals surface area contributed by atoms with Gasteiger partial charge in [-0.25, -0.2) is 12.8 Å². The first-order valence-electron chi connectivity index (χ1n) is 5.78. The molecule has 0 aliphatic carbocycles. The molecule has 0 aromatic heterocycles. The Bertz CT molecular complexity index is 326. The second-order valence-electron chi connectivity index (χ2n) is 5.58. The molecular formula is C11H22FNO2S. The highest BCUT2D eigenvalue weighted by Crippen LogP contribution is 2.29. The van der Waals surface area contributed by atoms with Crippen molar-refractivity contribution >= 4 is 9.84 Å². The fourth-order valence-electron chi connectivity index (χ4n) is 1.75. The standard InChI is InChI=1S/C11H22FNO2S/c1-10(2,3)16(14,15)9-6-11(12)4-7-13-8-5-11/h13H,4-9H2,1-3H3. The Kier molecular flexibility index (Phi) is 4.00. The van der Waals surface area contributed by atoms with Gasteiger partial charge in [0, 0.05) is 0 Å². The van der Waals surface area contributed by atoms with Crippen molar-refractivity contribution in [3.8, 4) is 0 Å². The van der Waals surface area contributed by atoms with Crippen LogP contribution in [-0.4, -0.2) is 37.7 Å². The molecule has 0 amide bonds. The molecule has 0 saturated carbocycles. The second kappa shape index (κ2) is 4.61. The second-order valence-corrected chi connectivity index (χ2v) is 8.44. The van der Waals surface area contributed by atoms with E-state index in [0.717, 1.165) is 0 Å². The zero-order chi connectivity index (χ0) is 12.4. The topological polar surface area (TPSA) is 46.2 Å². The number of hydrogen-bond donors (Lipinski definition) is 1. The summed E-state index contributed by atoms with van der Waals surface area (Å²) in [4.78, 5) is 0. The number of nitrogens with one attached hydrogen (secondary N) is 1. The number of rotatable bonds is 3. The summed E-state index contributed by atoms with van der Waals surface area (Å²) in [5, 5.41) is 3.08. The van der Waals surface area contributed by atoms with Gasteiger partial charge in [0.1, 0.15) is 5.67 Å². The van der Waals surface area contributed by atoms with E-state index in [4.69, 9.17) is 0 Å². The van der Waals surface area contributed by atoms with Gasteiger partial charge in [0.25, 0.3) is 0 Å². The molecule has 0 atom stereocenters. The summed E-state index contributed by atoms with van der Waals surface area (Å²) in [6.07, 6.45) is 0.980. The molecule has 0 unspecified atom stereocenters. The molecule has 5 heteroatoms. The zero-order valence-electron chi connectivity index (χ0n) is 10.3. The smallest absolute Gasteiger partial charge is 0.155 e. The van der Waals surface area contributed by atoms with E-state index < -0.39 is 20.3 Å². The van der Waals surface area contributed by atoms with Crippen LogP contribution in [0, 0.1) is 0 Å². The maximum atomic E-state index is 14.2. The van der Waals surface area contributed by atoms with Gasteiger partial charge < -0.3 is 5.32 Å². The minimum absolute atomic E-state index is 0.0486. The number of sulfone groups is 1. The van der Waals surface area contributed by atoms with Crippen molar-refractivity contribution in [3.63, 3.8) is 0 Å². The van der Waals surface area contributed by atoms with E-state index in [2.05, 4.69) is 5.32 Å². The lowest BCUT2D eigenvalue weighted by Gasteiger charge is -2.31. The van der Waals surface area contributed by atoms with Crippen LogP contribution in [-0.2, 0) is 9.84 Å². The van der Waals surface area contributed by atoms with Crippen molar-refractivity contribution in [1.29, 1.82) is 0 Å². The fourth-order valence-corrected chi connectivity index (χ4v) is 3.00. The van der Waals surface area contributed by atoms with Crippen molar-refractivity contribution in [2.24, 2.45) is 0 Å². The van der Waals surface area contributed by atoms with Gasteiger partial charge in [-0.1, -0.05) is 0 Å². The van der Waals surface area contributed by atoms with E-state index in [9.17, 15) is 12.8 Å². The van der Waals surface area contributed by atoms with Crippen LogP contribution in [0.1, 0.15) is 40.0 Å². The van der Waals surface area contributed by atoms with Crippen LogP contribution in [0.5, 0.6) is 0 Å². The van der Waals surface area contributed by atoms with Crippen LogP contribution in [0.3, 0.4) is 0 Å². The number of halogens is 1. The first-order valence-corrected chi connectivity index (χ1v) is 7.44. The summed E-state index contributed by atoms with van der Waals surface area (Å²) in [5.74, 6) is -0.0486. The van der Waals surface area contributed by atoms with Gasteiger partial charge in [0.2, 0.25) is 0 Å². The van der Waals surface area contributed by atoms with Crippen molar-refractivity contribution in [1.82, 2.24) is 5.32 Å². The first kappa shape index (κ1) is 13.9. The Morgan fingerprint density at radius 3 is 2.19 bits per heavy atom. The van der Waals surface area contributed by atoms with Crippen LogP contribution in [0.2, 0.25) is 0 Å². The van der Waals surface area contributed by atoms with E-state index in [1.54, 1.807) is 20.8 Å². The van der Waals surface area contributed by atoms with Gasteiger partial charge in [-0.05, 0) is 53.1 Å². The van der Waals surface area contributed by atoms with Gasteiger partial charge in [0.05, 0.1) is 10.5 Å². The summed E-state index contributed by atoms with van der Waals surface area (Å²) in [6.45, 7) is 6.28. The Hall–Kier alpha value is -0.160. The molecule has 1 aliphatic rings. The molecule has 1 N–H and O–H groups in total. The van der Waals surface area contributed by atoms with E-state index in [1.165, 1.54) is 0 Å². The van der Waals surface area contributed by atoms with Gasteiger partial charge in [-0.3, -0.25) is 0 Å². The highest BCUT2D eigenvalue weighted by atomic mass is 32.2. The maximum Gasteiger partial charge on any atom is 0.155 e. The fraction of sp³-hybridized carbons (Fsp3) is 1.00. The minimum atomic E-state index is -3.20. The molecule has 1 saturated heterocycles. The molecule has 1 fully saturated rings. The molecule has 16 heavy (non-hydrogen) atoms. The van der Waals surface area contributed by atoms with Crippen LogP contribution >= 0.6 is 0 Å². The lowest BCUT2D eigenvalue weighted by atomic mass is 9.92. The third-order valence-corrected chi connectivity index (χ3v) is 5.86. The lowest BCUT2D eigenvalue weighted by molar-refractivity contribution is 0.112. The monoisotopic (exact) mass is 251 g/mol.